The molecule has 0 amide bonds. The van der Waals surface area contributed by atoms with Crippen LogP contribution in [0, 0.1) is 46.3 Å². The van der Waals surface area contributed by atoms with Gasteiger partial charge in [0.25, 0.3) is 0 Å². The first-order valence-corrected chi connectivity index (χ1v) is 13.4. The first kappa shape index (κ1) is 20.7. The zero-order chi connectivity index (χ0) is 20.6. The van der Waals surface area contributed by atoms with Gasteiger partial charge in [-0.05, 0) is 77.8 Å². The quantitative estimate of drug-likeness (QED) is 0.332. The largest absolute Gasteiger partial charge is 0.154 e. The van der Waals surface area contributed by atoms with E-state index in [-0.39, 0.29) is 0 Å². The molecule has 0 aliphatic heterocycles. The van der Waals surface area contributed by atoms with Crippen LogP contribution >= 0.6 is 0 Å². The van der Waals surface area contributed by atoms with E-state index in [1.807, 2.05) is 0 Å². The molecule has 1 heteroatoms. The second-order valence-corrected chi connectivity index (χ2v) is 13.5. The normalized spacial score (nSPS) is 51.0. The van der Waals surface area contributed by atoms with Crippen LogP contribution in [0.5, 0.6) is 0 Å². The van der Waals surface area contributed by atoms with Gasteiger partial charge in [0.05, 0.1) is 0 Å². The third-order valence-electron chi connectivity index (χ3n) is 12.1. The van der Waals surface area contributed by atoms with Crippen molar-refractivity contribution in [1.82, 2.24) is 0 Å². The summed E-state index contributed by atoms with van der Waals surface area (Å²) in [5.41, 5.74) is 1.25. The standard InChI is InChI=1S/C28H47B/c1-18-23-14-20(27(23,3)4)16-25(18)29(22-12-10-8-7-9-11-13-22)26-17-21-15-24(19(26)2)28(21,5)6/h10,12,18-26H,7-9,11,13-17H2,1-6H3/b12-10-/t18-,19-,20+,21+,22?,23-,24-,25-,26-/m1/s1. The lowest BCUT2D eigenvalue weighted by Gasteiger charge is -2.67. The van der Waals surface area contributed by atoms with Gasteiger partial charge in [0.2, 0.25) is 0 Å². The minimum absolute atomic E-state index is 0.625. The van der Waals surface area contributed by atoms with E-state index in [2.05, 4.69) is 53.7 Å². The molecule has 0 N–H and O–H groups in total. The number of fused-ring (bicyclic) bond motifs is 4. The summed E-state index contributed by atoms with van der Waals surface area (Å²) in [4.78, 5) is 0. The van der Waals surface area contributed by atoms with Crippen LogP contribution in [-0.2, 0) is 0 Å². The smallest absolute Gasteiger partial charge is 0.0926 e. The molecule has 0 aromatic heterocycles. The maximum Gasteiger partial charge on any atom is 0.154 e. The molecular weight excluding hydrogens is 347 g/mol. The summed E-state index contributed by atoms with van der Waals surface area (Å²) in [5.74, 6) is 8.76. The summed E-state index contributed by atoms with van der Waals surface area (Å²) in [6.07, 6.45) is 18.7. The van der Waals surface area contributed by atoms with E-state index >= 15 is 0 Å². The molecule has 0 saturated heterocycles. The fourth-order valence-corrected chi connectivity index (χ4v) is 9.85. The molecule has 7 rings (SSSR count). The SMILES string of the molecule is C[C@@H]1[C@H]2C[C@@H](C[C@H]1B(C1/C=C\CCCCC1)[C@@H]1C[C@@H]3C[C@H]([C@H]1C)C3(C)C)C2(C)C. The molecule has 0 nitrogen and oxygen atoms in total. The zero-order valence-corrected chi connectivity index (χ0v) is 20.3. The molecule has 0 heterocycles. The minimum atomic E-state index is 0.625. The number of hydrogen-bond acceptors (Lipinski definition) is 0. The van der Waals surface area contributed by atoms with Gasteiger partial charge in [-0.1, -0.05) is 97.4 Å². The Hall–Kier alpha value is -0.195. The number of hydrogen-bond donors (Lipinski definition) is 0. The predicted molar refractivity (Wildman–Crippen MR) is 128 cm³/mol. The topological polar surface area (TPSA) is 0 Å². The minimum Gasteiger partial charge on any atom is -0.0926 e. The fourth-order valence-electron chi connectivity index (χ4n) is 9.85. The van der Waals surface area contributed by atoms with E-state index in [9.17, 15) is 0 Å². The fraction of sp³-hybridized carbons (Fsp3) is 0.929. The molecule has 0 radical (unpaired) electrons. The van der Waals surface area contributed by atoms with Crippen molar-refractivity contribution < 1.29 is 0 Å². The Kier molecular flexibility index (Phi) is 5.11. The van der Waals surface area contributed by atoms with E-state index < -0.39 is 0 Å². The van der Waals surface area contributed by atoms with Gasteiger partial charge in [0.1, 0.15) is 0 Å². The van der Waals surface area contributed by atoms with Crippen molar-refractivity contribution in [2.24, 2.45) is 46.3 Å². The van der Waals surface area contributed by atoms with Gasteiger partial charge in [-0.3, -0.25) is 0 Å². The second-order valence-electron chi connectivity index (χ2n) is 13.5. The van der Waals surface area contributed by atoms with Crippen molar-refractivity contribution in [3.63, 3.8) is 0 Å². The molecule has 9 atom stereocenters. The third-order valence-corrected chi connectivity index (χ3v) is 12.1. The number of allylic oxidation sites excluding steroid dienone is 2. The van der Waals surface area contributed by atoms with Crippen molar-refractivity contribution in [2.45, 2.75) is 117 Å². The van der Waals surface area contributed by atoms with Gasteiger partial charge in [-0.15, -0.1) is 0 Å². The van der Waals surface area contributed by atoms with Crippen LogP contribution in [0.25, 0.3) is 0 Å². The van der Waals surface area contributed by atoms with Crippen LogP contribution in [0.1, 0.15) is 99.3 Å². The van der Waals surface area contributed by atoms with Crippen LogP contribution in [0.4, 0.5) is 0 Å². The maximum absolute atomic E-state index is 2.74. The Balaban J connectivity index is 1.45. The van der Waals surface area contributed by atoms with E-state index in [1.165, 1.54) is 44.9 Å². The molecule has 7 aliphatic rings. The summed E-state index contributed by atoms with van der Waals surface area (Å²) in [7, 11) is 0. The van der Waals surface area contributed by atoms with Crippen LogP contribution in [0.2, 0.25) is 17.5 Å². The van der Waals surface area contributed by atoms with Crippen LogP contribution in [-0.4, -0.2) is 6.71 Å². The van der Waals surface area contributed by atoms with Gasteiger partial charge in [0.15, 0.2) is 6.71 Å². The highest BCUT2D eigenvalue weighted by molar-refractivity contribution is 6.64. The van der Waals surface area contributed by atoms with Crippen LogP contribution < -0.4 is 0 Å². The van der Waals surface area contributed by atoms with E-state index in [1.54, 1.807) is 12.8 Å². The molecule has 0 aromatic rings. The monoisotopic (exact) mass is 394 g/mol. The van der Waals surface area contributed by atoms with Gasteiger partial charge >= 0.3 is 0 Å². The average molecular weight is 394 g/mol. The summed E-state index contributed by atoms with van der Waals surface area (Å²) >= 11 is 0. The third kappa shape index (κ3) is 3.06. The first-order chi connectivity index (χ1) is 13.7. The van der Waals surface area contributed by atoms with Crippen molar-refractivity contribution in [1.29, 1.82) is 0 Å². The predicted octanol–water partition coefficient (Wildman–Crippen LogP) is 8.52. The molecule has 29 heavy (non-hydrogen) atoms. The van der Waals surface area contributed by atoms with Crippen molar-refractivity contribution in [3.05, 3.63) is 12.2 Å². The number of rotatable bonds is 3. The Bertz CT molecular complexity index is 603. The van der Waals surface area contributed by atoms with Crippen LogP contribution in [0.15, 0.2) is 12.2 Å². The van der Waals surface area contributed by atoms with Crippen LogP contribution in [0.3, 0.4) is 0 Å². The molecule has 0 aromatic carbocycles. The summed E-state index contributed by atoms with van der Waals surface area (Å²) < 4.78 is 0. The molecule has 4 bridgehead atoms. The first-order valence-electron chi connectivity index (χ1n) is 13.4. The highest BCUT2D eigenvalue weighted by Crippen LogP contribution is 2.70. The van der Waals surface area contributed by atoms with Gasteiger partial charge in [0, 0.05) is 0 Å². The lowest BCUT2D eigenvalue weighted by molar-refractivity contribution is -0.107. The van der Waals surface area contributed by atoms with Crippen molar-refractivity contribution in [3.8, 4) is 0 Å². The Morgan fingerprint density at radius 2 is 1.28 bits per heavy atom. The summed E-state index contributed by atoms with van der Waals surface area (Å²) in [6, 6.07) is 0. The van der Waals surface area contributed by atoms with Gasteiger partial charge in [-0.2, -0.15) is 0 Å². The molecule has 1 unspecified atom stereocenters. The second kappa shape index (κ2) is 7.16. The lowest BCUT2D eigenvalue weighted by atomic mass is 9.17. The van der Waals surface area contributed by atoms with Crippen molar-refractivity contribution >= 4 is 6.71 Å². The molecule has 162 valence electrons. The summed E-state index contributed by atoms with van der Waals surface area (Å²) in [6.45, 7) is 16.7. The maximum atomic E-state index is 2.74. The molecule has 6 saturated carbocycles. The average Bonchev–Trinajstić information content (AvgIpc) is 2.64. The van der Waals surface area contributed by atoms with E-state index in [0.29, 0.717) is 10.8 Å². The highest BCUT2D eigenvalue weighted by atomic mass is 14.6. The van der Waals surface area contributed by atoms with E-state index in [4.69, 9.17) is 0 Å². The van der Waals surface area contributed by atoms with Gasteiger partial charge < -0.3 is 0 Å². The summed E-state index contributed by atoms with van der Waals surface area (Å²) in [5, 5.41) is 0. The Morgan fingerprint density at radius 1 is 0.724 bits per heavy atom. The highest BCUT2D eigenvalue weighted by Gasteiger charge is 2.62. The lowest BCUT2D eigenvalue weighted by Crippen LogP contribution is -2.60. The Labute approximate surface area is 182 Å². The Morgan fingerprint density at radius 3 is 1.76 bits per heavy atom. The van der Waals surface area contributed by atoms with Crippen molar-refractivity contribution in [2.75, 3.05) is 0 Å². The zero-order valence-electron chi connectivity index (χ0n) is 20.3. The molecule has 0 spiro atoms. The molecule has 7 aliphatic carbocycles. The van der Waals surface area contributed by atoms with Gasteiger partial charge in [-0.25, -0.2) is 0 Å². The molecule has 6 fully saturated rings. The molecular formula is C28H47B. The van der Waals surface area contributed by atoms with E-state index in [0.717, 1.165) is 59.7 Å².